The number of methoxy groups -OCH3 is 2. The molecule has 0 saturated heterocycles. The van der Waals surface area contributed by atoms with E-state index in [1.165, 1.54) is 26.4 Å². The first-order chi connectivity index (χ1) is 13.3. The van der Waals surface area contributed by atoms with Gasteiger partial charge >= 0.3 is 5.97 Å². The highest BCUT2D eigenvalue weighted by atomic mass is 79.9. The number of rotatable bonds is 9. The maximum absolute atomic E-state index is 13.1. The molecule has 7 nitrogen and oxygen atoms in total. The van der Waals surface area contributed by atoms with E-state index >= 15 is 0 Å². The summed E-state index contributed by atoms with van der Waals surface area (Å²) >= 11 is 3.28. The molecule has 152 valence electrons. The van der Waals surface area contributed by atoms with Gasteiger partial charge in [0.25, 0.3) is 0 Å². The summed E-state index contributed by atoms with van der Waals surface area (Å²) in [6.07, 6.45) is 0. The Kier molecular flexibility index (Phi) is 7.85. The van der Waals surface area contributed by atoms with E-state index < -0.39 is 22.5 Å². The Morgan fingerprint density at radius 2 is 1.68 bits per heavy atom. The summed E-state index contributed by atoms with van der Waals surface area (Å²) in [5.74, 6) is 0.375. The van der Waals surface area contributed by atoms with Crippen LogP contribution < -0.4 is 9.47 Å². The molecular weight excluding hydrogens is 450 g/mol. The van der Waals surface area contributed by atoms with Crippen molar-refractivity contribution in [2.75, 3.05) is 27.4 Å². The van der Waals surface area contributed by atoms with Crippen molar-refractivity contribution in [1.29, 1.82) is 0 Å². The molecular formula is C19H22BrNO6S. The fraction of sp³-hybridized carbons (Fsp3) is 0.316. The smallest absolute Gasteiger partial charge is 0.321 e. The highest BCUT2D eigenvalue weighted by molar-refractivity contribution is 9.10. The predicted octanol–water partition coefficient (Wildman–Crippen LogP) is 3.22. The second kappa shape index (κ2) is 9.90. The lowest BCUT2D eigenvalue weighted by molar-refractivity contribution is -0.143. The van der Waals surface area contributed by atoms with Gasteiger partial charge in [-0.2, -0.15) is 4.31 Å². The van der Waals surface area contributed by atoms with Gasteiger partial charge in [-0.25, -0.2) is 8.42 Å². The van der Waals surface area contributed by atoms with Crippen LogP contribution in [-0.2, 0) is 26.1 Å². The lowest BCUT2D eigenvalue weighted by Crippen LogP contribution is -2.36. The van der Waals surface area contributed by atoms with Crippen molar-refractivity contribution in [1.82, 2.24) is 4.31 Å². The lowest BCUT2D eigenvalue weighted by Gasteiger charge is -2.22. The van der Waals surface area contributed by atoms with E-state index in [-0.39, 0.29) is 18.0 Å². The first-order valence-electron chi connectivity index (χ1n) is 8.44. The minimum Gasteiger partial charge on any atom is -0.493 e. The molecule has 9 heteroatoms. The topological polar surface area (TPSA) is 82.1 Å². The van der Waals surface area contributed by atoms with Crippen LogP contribution in [0, 0.1) is 0 Å². The van der Waals surface area contributed by atoms with Crippen LogP contribution in [0.5, 0.6) is 11.5 Å². The Morgan fingerprint density at radius 3 is 2.25 bits per heavy atom. The largest absolute Gasteiger partial charge is 0.493 e. The quantitative estimate of drug-likeness (QED) is 0.522. The molecule has 0 amide bonds. The number of hydrogen-bond donors (Lipinski definition) is 0. The molecule has 0 heterocycles. The van der Waals surface area contributed by atoms with Crippen molar-refractivity contribution in [3.8, 4) is 11.5 Å². The van der Waals surface area contributed by atoms with Gasteiger partial charge in [-0.15, -0.1) is 0 Å². The molecule has 0 bridgehead atoms. The second-order valence-electron chi connectivity index (χ2n) is 5.72. The maximum Gasteiger partial charge on any atom is 0.321 e. The molecule has 0 saturated carbocycles. The van der Waals surface area contributed by atoms with Gasteiger partial charge in [0.2, 0.25) is 10.0 Å². The molecule has 2 aromatic carbocycles. The number of halogens is 1. The van der Waals surface area contributed by atoms with Crippen LogP contribution in [0.4, 0.5) is 0 Å². The van der Waals surface area contributed by atoms with E-state index in [2.05, 4.69) is 15.9 Å². The zero-order chi connectivity index (χ0) is 20.7. The van der Waals surface area contributed by atoms with Crippen LogP contribution in [0.25, 0.3) is 0 Å². The van der Waals surface area contributed by atoms with Crippen molar-refractivity contribution in [3.05, 3.63) is 52.5 Å². The van der Waals surface area contributed by atoms with Crippen molar-refractivity contribution >= 4 is 31.9 Å². The van der Waals surface area contributed by atoms with Crippen LogP contribution in [0.15, 0.2) is 51.8 Å². The molecule has 0 aliphatic carbocycles. The van der Waals surface area contributed by atoms with Gasteiger partial charge in [-0.05, 0) is 48.9 Å². The van der Waals surface area contributed by atoms with Gasteiger partial charge in [-0.1, -0.05) is 22.0 Å². The number of benzene rings is 2. The molecule has 2 rings (SSSR count). The predicted molar refractivity (Wildman–Crippen MR) is 108 cm³/mol. The third kappa shape index (κ3) is 5.46. The average Bonchev–Trinajstić information content (AvgIpc) is 2.67. The van der Waals surface area contributed by atoms with E-state index in [1.807, 2.05) is 0 Å². The summed E-state index contributed by atoms with van der Waals surface area (Å²) in [5, 5.41) is 0. The number of carbonyl (C=O) groups is 1. The number of esters is 1. The summed E-state index contributed by atoms with van der Waals surface area (Å²) in [5.41, 5.74) is 0.641. The number of ether oxygens (including phenoxy) is 3. The highest BCUT2D eigenvalue weighted by Gasteiger charge is 2.27. The second-order valence-corrected chi connectivity index (χ2v) is 8.57. The Balaban J connectivity index is 2.39. The number of hydrogen-bond acceptors (Lipinski definition) is 6. The minimum atomic E-state index is -3.93. The summed E-state index contributed by atoms with van der Waals surface area (Å²) in [6, 6.07) is 11.3. The summed E-state index contributed by atoms with van der Waals surface area (Å²) in [4.78, 5) is 12.1. The number of nitrogens with zero attached hydrogens (tertiary/aromatic N) is 1. The van der Waals surface area contributed by atoms with E-state index in [1.54, 1.807) is 37.3 Å². The fourth-order valence-electron chi connectivity index (χ4n) is 2.51. The summed E-state index contributed by atoms with van der Waals surface area (Å²) < 4.78 is 43.5. The Hall–Kier alpha value is -2.10. The zero-order valence-corrected chi connectivity index (χ0v) is 18.2. The monoisotopic (exact) mass is 471 g/mol. The molecule has 0 unspecified atom stereocenters. The van der Waals surface area contributed by atoms with Gasteiger partial charge < -0.3 is 14.2 Å². The van der Waals surface area contributed by atoms with Crippen molar-refractivity contribution in [2.24, 2.45) is 0 Å². The molecule has 0 atom stereocenters. The minimum absolute atomic E-state index is 0.0302. The van der Waals surface area contributed by atoms with Crippen molar-refractivity contribution in [2.45, 2.75) is 18.4 Å². The van der Waals surface area contributed by atoms with Gasteiger partial charge in [0.1, 0.15) is 6.54 Å². The van der Waals surface area contributed by atoms with Crippen LogP contribution in [0.1, 0.15) is 12.5 Å². The first-order valence-corrected chi connectivity index (χ1v) is 10.7. The van der Waals surface area contributed by atoms with Crippen LogP contribution in [0.3, 0.4) is 0 Å². The molecule has 0 aliphatic rings. The normalized spacial score (nSPS) is 11.3. The fourth-order valence-corrected chi connectivity index (χ4v) is 4.15. The molecule has 28 heavy (non-hydrogen) atoms. The third-order valence-electron chi connectivity index (χ3n) is 3.87. The number of sulfonamides is 1. The van der Waals surface area contributed by atoms with Gasteiger partial charge in [0.15, 0.2) is 11.5 Å². The molecule has 0 aromatic heterocycles. The van der Waals surface area contributed by atoms with E-state index in [9.17, 15) is 13.2 Å². The van der Waals surface area contributed by atoms with E-state index in [0.29, 0.717) is 17.1 Å². The van der Waals surface area contributed by atoms with Gasteiger partial charge in [-0.3, -0.25) is 4.79 Å². The molecule has 0 fully saturated rings. The highest BCUT2D eigenvalue weighted by Crippen LogP contribution is 2.29. The van der Waals surface area contributed by atoms with Crippen molar-refractivity contribution < 1.29 is 27.4 Å². The van der Waals surface area contributed by atoms with Gasteiger partial charge in [0, 0.05) is 11.0 Å². The number of carbonyl (C=O) groups excluding carboxylic acids is 1. The van der Waals surface area contributed by atoms with E-state index in [0.717, 1.165) is 8.78 Å². The SMILES string of the molecule is CCOC(=O)CN(Cc1ccc(OC)c(OC)c1)S(=O)(=O)c1ccc(Br)cc1. The molecule has 0 radical (unpaired) electrons. The van der Waals surface area contributed by atoms with E-state index in [4.69, 9.17) is 14.2 Å². The molecule has 0 spiro atoms. The summed E-state index contributed by atoms with van der Waals surface area (Å²) in [7, 11) is -0.912. The Labute approximate surface area is 173 Å². The molecule has 2 aromatic rings. The summed E-state index contributed by atoms with van der Waals surface area (Å²) in [6.45, 7) is 1.40. The Morgan fingerprint density at radius 1 is 1.04 bits per heavy atom. The molecule has 0 aliphatic heterocycles. The van der Waals surface area contributed by atoms with Gasteiger partial charge in [0.05, 0.1) is 25.7 Å². The van der Waals surface area contributed by atoms with Crippen LogP contribution in [-0.4, -0.2) is 46.1 Å². The maximum atomic E-state index is 13.1. The standard InChI is InChI=1S/C19H22BrNO6S/c1-4-27-19(22)13-21(28(23,24)16-8-6-15(20)7-9-16)12-14-5-10-17(25-2)18(11-14)26-3/h5-11H,4,12-13H2,1-3H3. The lowest BCUT2D eigenvalue weighted by atomic mass is 10.2. The third-order valence-corrected chi connectivity index (χ3v) is 6.20. The van der Waals surface area contributed by atoms with Crippen molar-refractivity contribution in [3.63, 3.8) is 0 Å². The van der Waals surface area contributed by atoms with Crippen LogP contribution in [0.2, 0.25) is 0 Å². The molecule has 0 N–H and O–H groups in total. The first kappa shape index (κ1) is 22.2. The zero-order valence-electron chi connectivity index (χ0n) is 15.8. The average molecular weight is 472 g/mol. The Bertz CT molecular complexity index is 915. The van der Waals surface area contributed by atoms with Crippen LogP contribution >= 0.6 is 15.9 Å².